The van der Waals surface area contributed by atoms with Crippen molar-refractivity contribution in [2.24, 2.45) is 0 Å². The molecule has 1 saturated heterocycles. The van der Waals surface area contributed by atoms with E-state index in [1.165, 1.54) is 11.8 Å². The molecule has 16 heavy (non-hydrogen) atoms. The van der Waals surface area contributed by atoms with Gasteiger partial charge in [-0.3, -0.25) is 0 Å². The van der Waals surface area contributed by atoms with Crippen LogP contribution in [0.4, 0.5) is 0 Å². The third-order valence-corrected chi connectivity index (χ3v) is 4.41. The minimum atomic E-state index is -1.04. The molecule has 2 rings (SSSR count). The highest BCUT2D eigenvalue weighted by atomic mass is 35.5. The molecule has 2 atom stereocenters. The molecule has 0 bridgehead atoms. The molecule has 0 unspecified atom stereocenters. The molecule has 2 N–H and O–H groups in total. The third kappa shape index (κ3) is 2.30. The molecule has 86 valence electrons. The predicted molar refractivity (Wildman–Crippen MR) is 62.4 cm³/mol. The fourth-order valence-electron chi connectivity index (χ4n) is 1.64. The van der Waals surface area contributed by atoms with E-state index < -0.39 is 12.0 Å². The third-order valence-electron chi connectivity index (χ3n) is 2.45. The average Bonchev–Trinajstić information content (AvgIpc) is 2.66. The second-order valence-corrected chi connectivity index (χ2v) is 5.50. The lowest BCUT2D eigenvalue weighted by Crippen LogP contribution is -2.90. The number of benzene rings is 1. The standard InChI is InChI=1S/C10H9Cl2NO2S/c11-5-2-1-3-6(12)8(5)9-13-7(4-16-9)10(14)15/h1-3,7,9,13H,4H2,(H,14,15)/t7-,9-/m0/s1. The molecule has 1 aromatic carbocycles. The van der Waals surface area contributed by atoms with E-state index in [0.717, 1.165) is 5.56 Å². The van der Waals surface area contributed by atoms with Crippen LogP contribution in [-0.2, 0) is 4.79 Å². The van der Waals surface area contributed by atoms with Crippen LogP contribution in [0.25, 0.3) is 0 Å². The molecule has 1 heterocycles. The summed E-state index contributed by atoms with van der Waals surface area (Å²) in [5.41, 5.74) is 0.791. The van der Waals surface area contributed by atoms with Gasteiger partial charge in [-0.15, -0.1) is 0 Å². The highest BCUT2D eigenvalue weighted by Crippen LogP contribution is 2.36. The first kappa shape index (κ1) is 12.0. The van der Waals surface area contributed by atoms with Crippen molar-refractivity contribution < 1.29 is 15.2 Å². The van der Waals surface area contributed by atoms with E-state index in [1.807, 2.05) is 0 Å². The number of rotatable bonds is 2. The highest BCUT2D eigenvalue weighted by Gasteiger charge is 2.33. The molecule has 1 aliphatic heterocycles. The van der Waals surface area contributed by atoms with Gasteiger partial charge in [0.1, 0.15) is 12.0 Å². The normalized spacial score (nSPS) is 24.6. The van der Waals surface area contributed by atoms with E-state index in [4.69, 9.17) is 23.2 Å². The van der Waals surface area contributed by atoms with Gasteiger partial charge in [-0.1, -0.05) is 41.0 Å². The summed E-state index contributed by atoms with van der Waals surface area (Å²) in [7, 11) is 0. The summed E-state index contributed by atoms with van der Waals surface area (Å²) in [5.74, 6) is -0.535. The molecule has 1 aliphatic rings. The first-order chi connectivity index (χ1) is 7.59. The van der Waals surface area contributed by atoms with Gasteiger partial charge >= 0.3 is 0 Å². The molecule has 0 saturated carbocycles. The average molecular weight is 278 g/mol. The van der Waals surface area contributed by atoms with E-state index in [0.29, 0.717) is 15.8 Å². The molecule has 1 aromatic rings. The van der Waals surface area contributed by atoms with Gasteiger partial charge in [0.05, 0.1) is 21.4 Å². The van der Waals surface area contributed by atoms with Crippen molar-refractivity contribution in [2.45, 2.75) is 11.4 Å². The smallest absolute Gasteiger partial charge is 0.162 e. The van der Waals surface area contributed by atoms with Crippen molar-refractivity contribution in [1.29, 1.82) is 0 Å². The van der Waals surface area contributed by atoms with Gasteiger partial charge in [0.2, 0.25) is 0 Å². The molecular formula is C10H9Cl2NO2S. The van der Waals surface area contributed by atoms with E-state index >= 15 is 0 Å². The molecule has 0 aromatic heterocycles. The molecular weight excluding hydrogens is 269 g/mol. The number of quaternary nitrogens is 1. The topological polar surface area (TPSA) is 56.7 Å². The molecule has 0 amide bonds. The molecule has 0 aliphatic carbocycles. The number of halogens is 2. The Morgan fingerprint density at radius 2 is 2.06 bits per heavy atom. The Bertz CT molecular complexity index is 407. The summed E-state index contributed by atoms with van der Waals surface area (Å²) in [6.07, 6.45) is 0. The number of carbonyl (C=O) groups excluding carboxylic acids is 1. The first-order valence-electron chi connectivity index (χ1n) is 4.71. The summed E-state index contributed by atoms with van der Waals surface area (Å²) >= 11 is 13.6. The first-order valence-corrected chi connectivity index (χ1v) is 6.51. The van der Waals surface area contributed by atoms with E-state index in [-0.39, 0.29) is 5.37 Å². The van der Waals surface area contributed by atoms with Crippen molar-refractivity contribution >= 4 is 40.9 Å². The maximum absolute atomic E-state index is 10.7. The van der Waals surface area contributed by atoms with Crippen LogP contribution in [0.5, 0.6) is 0 Å². The van der Waals surface area contributed by atoms with Crippen LogP contribution in [0.1, 0.15) is 10.9 Å². The lowest BCUT2D eigenvalue weighted by atomic mass is 10.2. The monoisotopic (exact) mass is 277 g/mol. The number of carbonyl (C=O) groups is 1. The van der Waals surface area contributed by atoms with Crippen LogP contribution >= 0.6 is 35.0 Å². The van der Waals surface area contributed by atoms with Crippen molar-refractivity contribution in [1.82, 2.24) is 0 Å². The summed E-state index contributed by atoms with van der Waals surface area (Å²) < 4.78 is 0. The van der Waals surface area contributed by atoms with Gasteiger partial charge in [0, 0.05) is 0 Å². The largest absolute Gasteiger partial charge is 0.544 e. The van der Waals surface area contributed by atoms with E-state index in [9.17, 15) is 9.90 Å². The van der Waals surface area contributed by atoms with Gasteiger partial charge in [-0.2, -0.15) is 0 Å². The summed E-state index contributed by atoms with van der Waals surface area (Å²) in [4.78, 5) is 10.7. The van der Waals surface area contributed by atoms with Crippen molar-refractivity contribution in [2.75, 3.05) is 5.75 Å². The quantitative estimate of drug-likeness (QED) is 0.853. The Balaban J connectivity index is 2.24. The lowest BCUT2D eigenvalue weighted by Gasteiger charge is -2.13. The molecule has 6 heteroatoms. The van der Waals surface area contributed by atoms with Crippen LogP contribution in [0.15, 0.2) is 18.2 Å². The Morgan fingerprint density at radius 1 is 1.44 bits per heavy atom. The Kier molecular flexibility index (Phi) is 3.64. The van der Waals surface area contributed by atoms with Gasteiger partial charge in [0.15, 0.2) is 5.37 Å². The van der Waals surface area contributed by atoms with Crippen molar-refractivity contribution in [3.05, 3.63) is 33.8 Å². The fourth-order valence-corrected chi connectivity index (χ4v) is 3.78. The van der Waals surface area contributed by atoms with Gasteiger partial charge in [-0.25, -0.2) is 0 Å². The Hall–Kier alpha value is -0.420. The van der Waals surface area contributed by atoms with E-state index in [1.54, 1.807) is 23.5 Å². The van der Waals surface area contributed by atoms with Crippen molar-refractivity contribution in [3.8, 4) is 0 Å². The molecule has 3 nitrogen and oxygen atoms in total. The number of hydrogen-bond acceptors (Lipinski definition) is 3. The summed E-state index contributed by atoms with van der Waals surface area (Å²) in [5, 5.41) is 13.5. The minimum Gasteiger partial charge on any atom is -0.544 e. The second kappa shape index (κ2) is 4.84. The van der Waals surface area contributed by atoms with Gasteiger partial charge in [-0.05, 0) is 12.1 Å². The van der Waals surface area contributed by atoms with Gasteiger partial charge < -0.3 is 15.2 Å². The van der Waals surface area contributed by atoms with Crippen LogP contribution in [0.2, 0.25) is 10.0 Å². The zero-order chi connectivity index (χ0) is 11.7. The number of hydrogen-bond donors (Lipinski definition) is 1. The van der Waals surface area contributed by atoms with Crippen LogP contribution < -0.4 is 10.4 Å². The Labute approximate surface area is 107 Å². The zero-order valence-electron chi connectivity index (χ0n) is 8.15. The predicted octanol–water partition coefficient (Wildman–Crippen LogP) is 0.421. The highest BCUT2D eigenvalue weighted by molar-refractivity contribution is 7.99. The summed E-state index contributed by atoms with van der Waals surface area (Å²) in [6.45, 7) is 0. The second-order valence-electron chi connectivity index (χ2n) is 3.51. The zero-order valence-corrected chi connectivity index (χ0v) is 10.5. The fraction of sp³-hybridized carbons (Fsp3) is 0.300. The number of aliphatic carboxylic acids is 1. The van der Waals surface area contributed by atoms with Gasteiger partial charge in [0.25, 0.3) is 0 Å². The van der Waals surface area contributed by atoms with Crippen LogP contribution in [0, 0.1) is 0 Å². The number of carboxylic acid groups (broad SMARTS) is 1. The SMILES string of the molecule is O=C([O-])[C@@H]1CS[C@@H](c2c(Cl)cccc2Cl)[NH2+]1. The van der Waals surface area contributed by atoms with Crippen molar-refractivity contribution in [3.63, 3.8) is 0 Å². The lowest BCUT2D eigenvalue weighted by molar-refractivity contribution is -0.690. The molecule has 1 fully saturated rings. The minimum absolute atomic E-state index is 0.0656. The maximum Gasteiger partial charge on any atom is 0.162 e. The van der Waals surface area contributed by atoms with E-state index in [2.05, 4.69) is 0 Å². The van der Waals surface area contributed by atoms with Crippen LogP contribution in [-0.4, -0.2) is 17.8 Å². The number of carboxylic acids is 1. The maximum atomic E-state index is 10.7. The summed E-state index contributed by atoms with van der Waals surface area (Å²) in [6, 6.07) is 4.75. The Morgan fingerprint density at radius 3 is 2.56 bits per heavy atom. The molecule has 0 spiro atoms. The molecule has 0 radical (unpaired) electrons. The van der Waals surface area contributed by atoms with Crippen LogP contribution in [0.3, 0.4) is 0 Å². The number of nitrogens with two attached hydrogens (primary N) is 1. The number of thioether (sulfide) groups is 1.